The topological polar surface area (TPSA) is 12.9 Å². The molecule has 0 atom stereocenters. The molecular formula is C17H19N. The van der Waals surface area contributed by atoms with E-state index in [0.29, 0.717) is 0 Å². The maximum Gasteiger partial charge on any atom is 0.0704 e. The quantitative estimate of drug-likeness (QED) is 0.722. The second-order valence-electron chi connectivity index (χ2n) is 5.36. The Kier molecular flexibility index (Phi) is 2.91. The lowest BCUT2D eigenvalue weighted by molar-refractivity contribution is 0.682. The summed E-state index contributed by atoms with van der Waals surface area (Å²) in [5.74, 6) is 0. The van der Waals surface area contributed by atoms with Crippen LogP contribution in [0.5, 0.6) is 0 Å². The zero-order valence-electron chi connectivity index (χ0n) is 11.2. The Morgan fingerprint density at radius 2 is 1.83 bits per heavy atom. The predicted molar refractivity (Wildman–Crippen MR) is 75.8 cm³/mol. The van der Waals surface area contributed by atoms with E-state index in [9.17, 15) is 0 Å². The zero-order valence-corrected chi connectivity index (χ0v) is 11.2. The number of rotatable bonds is 1. The van der Waals surface area contributed by atoms with Gasteiger partial charge in [0.15, 0.2) is 0 Å². The van der Waals surface area contributed by atoms with Gasteiger partial charge in [-0.05, 0) is 86.1 Å². The monoisotopic (exact) mass is 237 g/mol. The zero-order chi connectivity index (χ0) is 12.5. The molecule has 0 radical (unpaired) electrons. The number of hydrogen-bond acceptors (Lipinski definition) is 1. The smallest absolute Gasteiger partial charge is 0.0704 e. The third-order valence-corrected chi connectivity index (χ3v) is 3.90. The van der Waals surface area contributed by atoms with Gasteiger partial charge in [0.05, 0.1) is 5.69 Å². The minimum atomic E-state index is 1.10. The van der Waals surface area contributed by atoms with Crippen molar-refractivity contribution in [1.29, 1.82) is 0 Å². The van der Waals surface area contributed by atoms with Gasteiger partial charge in [-0.15, -0.1) is 0 Å². The highest BCUT2D eigenvalue weighted by Crippen LogP contribution is 2.29. The molecule has 0 spiro atoms. The van der Waals surface area contributed by atoms with Gasteiger partial charge >= 0.3 is 0 Å². The maximum atomic E-state index is 4.50. The summed E-state index contributed by atoms with van der Waals surface area (Å²) < 4.78 is 0. The van der Waals surface area contributed by atoms with Crippen LogP contribution in [0.25, 0.3) is 11.3 Å². The molecule has 1 aromatic carbocycles. The lowest BCUT2D eigenvalue weighted by atomic mass is 9.86. The van der Waals surface area contributed by atoms with Crippen molar-refractivity contribution in [3.05, 3.63) is 52.7 Å². The van der Waals surface area contributed by atoms with Gasteiger partial charge in [-0.2, -0.15) is 0 Å². The van der Waals surface area contributed by atoms with Crippen LogP contribution in [-0.4, -0.2) is 4.98 Å². The largest absolute Gasteiger partial charge is 0.256 e. The Morgan fingerprint density at radius 3 is 2.67 bits per heavy atom. The van der Waals surface area contributed by atoms with E-state index in [-0.39, 0.29) is 0 Å². The van der Waals surface area contributed by atoms with Crippen LogP contribution in [0.1, 0.15) is 35.1 Å². The summed E-state index contributed by atoms with van der Waals surface area (Å²) in [6.07, 6.45) is 7.06. The summed E-state index contributed by atoms with van der Waals surface area (Å²) in [6.45, 7) is 4.36. The second kappa shape index (κ2) is 4.56. The molecule has 1 aliphatic carbocycles. The van der Waals surface area contributed by atoms with Crippen molar-refractivity contribution in [1.82, 2.24) is 4.98 Å². The summed E-state index contributed by atoms with van der Waals surface area (Å²) >= 11 is 0. The number of benzene rings is 1. The lowest BCUT2D eigenvalue weighted by Crippen LogP contribution is -2.05. The molecule has 0 saturated carbocycles. The Bertz CT molecular complexity index is 584. The average Bonchev–Trinajstić information content (AvgIpc) is 2.39. The van der Waals surface area contributed by atoms with Gasteiger partial charge in [0.1, 0.15) is 0 Å². The van der Waals surface area contributed by atoms with Crippen LogP contribution in [0, 0.1) is 13.8 Å². The van der Waals surface area contributed by atoms with Crippen molar-refractivity contribution in [2.45, 2.75) is 39.5 Å². The van der Waals surface area contributed by atoms with Gasteiger partial charge in [-0.1, -0.05) is 0 Å². The molecule has 3 rings (SSSR count). The van der Waals surface area contributed by atoms with E-state index in [1.54, 1.807) is 11.1 Å². The van der Waals surface area contributed by atoms with E-state index in [4.69, 9.17) is 0 Å². The Hall–Kier alpha value is -1.63. The van der Waals surface area contributed by atoms with Crippen molar-refractivity contribution in [3.8, 4) is 11.3 Å². The van der Waals surface area contributed by atoms with Crippen molar-refractivity contribution in [3.63, 3.8) is 0 Å². The first-order valence-electron chi connectivity index (χ1n) is 6.79. The summed E-state index contributed by atoms with van der Waals surface area (Å²) in [7, 11) is 0. The molecule has 92 valence electrons. The molecule has 0 amide bonds. The summed E-state index contributed by atoms with van der Waals surface area (Å²) in [5.41, 5.74) is 8.21. The summed E-state index contributed by atoms with van der Waals surface area (Å²) in [4.78, 5) is 4.50. The Labute approximate surface area is 109 Å². The van der Waals surface area contributed by atoms with Crippen LogP contribution in [0.2, 0.25) is 0 Å². The number of aromatic nitrogens is 1. The van der Waals surface area contributed by atoms with Crippen LogP contribution in [0.15, 0.2) is 30.5 Å². The highest BCUT2D eigenvalue weighted by Gasteiger charge is 2.13. The number of pyridine rings is 1. The van der Waals surface area contributed by atoms with Crippen LogP contribution in [0.4, 0.5) is 0 Å². The molecular weight excluding hydrogens is 218 g/mol. The van der Waals surface area contributed by atoms with Gasteiger partial charge in [0, 0.05) is 11.8 Å². The first kappa shape index (κ1) is 11.5. The van der Waals surface area contributed by atoms with Gasteiger partial charge in [-0.25, -0.2) is 0 Å². The van der Waals surface area contributed by atoms with E-state index in [1.807, 2.05) is 6.20 Å². The molecule has 1 aliphatic rings. The van der Waals surface area contributed by atoms with Crippen LogP contribution < -0.4 is 0 Å². The molecule has 0 aliphatic heterocycles. The molecule has 1 nitrogen and oxygen atoms in total. The highest BCUT2D eigenvalue weighted by atomic mass is 14.7. The van der Waals surface area contributed by atoms with E-state index in [0.717, 1.165) is 5.69 Å². The number of nitrogens with zero attached hydrogens (tertiary/aromatic N) is 1. The fourth-order valence-electron chi connectivity index (χ4n) is 2.93. The van der Waals surface area contributed by atoms with Gasteiger partial charge in [0.2, 0.25) is 0 Å². The predicted octanol–water partition coefficient (Wildman–Crippen LogP) is 4.24. The van der Waals surface area contributed by atoms with E-state index < -0.39 is 0 Å². The molecule has 1 aromatic heterocycles. The third-order valence-electron chi connectivity index (χ3n) is 3.90. The van der Waals surface area contributed by atoms with Crippen molar-refractivity contribution < 1.29 is 0 Å². The van der Waals surface area contributed by atoms with Crippen molar-refractivity contribution in [2.24, 2.45) is 0 Å². The Morgan fingerprint density at radius 1 is 1.00 bits per heavy atom. The number of fused-ring (bicyclic) bond motifs is 1. The van der Waals surface area contributed by atoms with E-state index in [2.05, 4.69) is 43.1 Å². The molecule has 0 N–H and O–H groups in total. The van der Waals surface area contributed by atoms with Gasteiger partial charge < -0.3 is 0 Å². The molecule has 2 aromatic rings. The SMILES string of the molecule is Cc1ccnc(-c2cc(C)c3c(c2)CCCC3)c1. The second-order valence-corrected chi connectivity index (χ2v) is 5.36. The fraction of sp³-hybridized carbons (Fsp3) is 0.353. The van der Waals surface area contributed by atoms with Crippen LogP contribution in [0.3, 0.4) is 0 Å². The Balaban J connectivity index is 2.11. The minimum Gasteiger partial charge on any atom is -0.256 e. The molecule has 1 heterocycles. The van der Waals surface area contributed by atoms with Crippen LogP contribution in [-0.2, 0) is 12.8 Å². The molecule has 1 heteroatoms. The molecule has 0 fully saturated rings. The van der Waals surface area contributed by atoms with E-state index in [1.165, 1.54) is 42.4 Å². The molecule has 0 unspecified atom stereocenters. The lowest BCUT2D eigenvalue weighted by Gasteiger charge is -2.19. The molecule has 18 heavy (non-hydrogen) atoms. The fourth-order valence-corrected chi connectivity index (χ4v) is 2.93. The summed E-state index contributed by atoms with van der Waals surface area (Å²) in [6, 6.07) is 8.87. The van der Waals surface area contributed by atoms with E-state index >= 15 is 0 Å². The summed E-state index contributed by atoms with van der Waals surface area (Å²) in [5, 5.41) is 0. The van der Waals surface area contributed by atoms with Crippen LogP contribution >= 0.6 is 0 Å². The normalized spacial score (nSPS) is 14.3. The average molecular weight is 237 g/mol. The van der Waals surface area contributed by atoms with Crippen molar-refractivity contribution >= 4 is 0 Å². The molecule has 0 bridgehead atoms. The molecule has 0 saturated heterocycles. The number of aryl methyl sites for hydroxylation is 3. The van der Waals surface area contributed by atoms with Gasteiger partial charge in [0.25, 0.3) is 0 Å². The number of hydrogen-bond donors (Lipinski definition) is 0. The van der Waals surface area contributed by atoms with Gasteiger partial charge in [-0.3, -0.25) is 4.98 Å². The standard InChI is InChI=1S/C17H19N/c1-12-7-8-18-17(9-12)15-10-13(2)16-6-4-3-5-14(16)11-15/h7-11H,3-6H2,1-2H3. The highest BCUT2D eigenvalue weighted by molar-refractivity contribution is 5.63. The maximum absolute atomic E-state index is 4.50. The first-order chi connectivity index (χ1) is 8.74. The minimum absolute atomic E-state index is 1.10. The van der Waals surface area contributed by atoms with Crippen molar-refractivity contribution in [2.75, 3.05) is 0 Å². The third kappa shape index (κ3) is 2.05. The first-order valence-corrected chi connectivity index (χ1v) is 6.79.